The van der Waals surface area contributed by atoms with Crippen molar-refractivity contribution in [3.8, 4) is 23.0 Å². The van der Waals surface area contributed by atoms with Crippen molar-refractivity contribution in [1.82, 2.24) is 0 Å². The van der Waals surface area contributed by atoms with Crippen molar-refractivity contribution in [3.05, 3.63) is 95.6 Å². The van der Waals surface area contributed by atoms with E-state index in [0.29, 0.717) is 34.4 Å². The van der Waals surface area contributed by atoms with Gasteiger partial charge < -0.3 is 18.7 Å². The van der Waals surface area contributed by atoms with E-state index in [0.717, 1.165) is 29.5 Å². The molecular formula is C28H29O5P. The fourth-order valence-corrected chi connectivity index (χ4v) is 5.22. The molecule has 1 N–H and O–H groups in total. The average Bonchev–Trinajstić information content (AvgIpc) is 2.83. The number of phenols is 1. The zero-order chi connectivity index (χ0) is 24.1. The molecule has 4 aromatic carbocycles. The van der Waals surface area contributed by atoms with Gasteiger partial charge in [-0.25, -0.2) is 0 Å². The standard InChI is InChI=1S/C28H29O5P/c1-4-5-14-22-19-25(29)23-15-8-9-16-24(23)28(22)33-34(30,31-26-17-10-6-12-20(26)2)32-27-18-11-7-13-21(27)3/h6-13,15-19,29H,4-5,14H2,1-3H3. The number of aryl methyl sites for hydroxylation is 3. The first kappa shape index (κ1) is 23.7. The van der Waals surface area contributed by atoms with E-state index < -0.39 is 7.82 Å². The first-order valence-electron chi connectivity index (χ1n) is 11.4. The smallest absolute Gasteiger partial charge is 0.507 e. The van der Waals surface area contributed by atoms with E-state index in [1.165, 1.54) is 0 Å². The van der Waals surface area contributed by atoms with Crippen LogP contribution in [0.5, 0.6) is 23.0 Å². The summed E-state index contributed by atoms with van der Waals surface area (Å²) < 4.78 is 32.4. The van der Waals surface area contributed by atoms with Crippen molar-refractivity contribution in [2.24, 2.45) is 0 Å². The molecule has 0 heterocycles. The van der Waals surface area contributed by atoms with E-state index in [9.17, 15) is 9.67 Å². The van der Waals surface area contributed by atoms with Gasteiger partial charge in [0.15, 0.2) is 0 Å². The maximum absolute atomic E-state index is 14.3. The van der Waals surface area contributed by atoms with E-state index in [1.807, 2.05) is 68.4 Å². The topological polar surface area (TPSA) is 65.0 Å². The Morgan fingerprint density at radius 2 is 1.29 bits per heavy atom. The number of phosphoric acid groups is 1. The van der Waals surface area contributed by atoms with Crippen molar-refractivity contribution >= 4 is 18.6 Å². The maximum Gasteiger partial charge on any atom is 0.647 e. The lowest BCUT2D eigenvalue weighted by atomic mass is 10.0. The molecule has 0 aliphatic heterocycles. The average molecular weight is 477 g/mol. The summed E-state index contributed by atoms with van der Waals surface area (Å²) in [6, 6.07) is 23.6. The molecule has 5 nitrogen and oxygen atoms in total. The normalized spacial score (nSPS) is 11.4. The molecule has 0 fully saturated rings. The van der Waals surface area contributed by atoms with Gasteiger partial charge in [-0.05, 0) is 61.6 Å². The number of aromatic hydroxyl groups is 1. The molecule has 176 valence electrons. The summed E-state index contributed by atoms with van der Waals surface area (Å²) >= 11 is 0. The number of unbranched alkanes of at least 4 members (excludes halogenated alkanes) is 1. The van der Waals surface area contributed by atoms with Crippen molar-refractivity contribution in [1.29, 1.82) is 0 Å². The lowest BCUT2D eigenvalue weighted by molar-refractivity contribution is 0.297. The van der Waals surface area contributed by atoms with Crippen LogP contribution in [-0.4, -0.2) is 5.11 Å². The zero-order valence-electron chi connectivity index (χ0n) is 19.7. The van der Waals surface area contributed by atoms with E-state index in [4.69, 9.17) is 13.6 Å². The fraction of sp³-hybridized carbons (Fsp3) is 0.214. The molecule has 0 saturated carbocycles. The second-order valence-corrected chi connectivity index (χ2v) is 9.73. The van der Waals surface area contributed by atoms with Gasteiger partial charge in [-0.3, -0.25) is 0 Å². The van der Waals surface area contributed by atoms with Crippen LogP contribution in [0.3, 0.4) is 0 Å². The highest BCUT2D eigenvalue weighted by Crippen LogP contribution is 2.53. The third-order valence-electron chi connectivity index (χ3n) is 5.66. The Morgan fingerprint density at radius 1 is 0.765 bits per heavy atom. The molecule has 6 heteroatoms. The summed E-state index contributed by atoms with van der Waals surface area (Å²) in [7, 11) is -4.20. The largest absolute Gasteiger partial charge is 0.647 e. The van der Waals surface area contributed by atoms with Gasteiger partial charge in [-0.1, -0.05) is 74.0 Å². The Bertz CT molecular complexity index is 1300. The second-order valence-electron chi connectivity index (χ2n) is 8.29. The Kier molecular flexibility index (Phi) is 7.14. The van der Waals surface area contributed by atoms with Crippen molar-refractivity contribution in [2.45, 2.75) is 40.0 Å². The summed E-state index contributed by atoms with van der Waals surface area (Å²) in [5.74, 6) is 1.38. The third-order valence-corrected chi connectivity index (χ3v) is 6.91. The second kappa shape index (κ2) is 10.2. The van der Waals surface area contributed by atoms with Gasteiger partial charge in [0, 0.05) is 10.8 Å². The SMILES string of the molecule is CCCCc1cc(O)c2ccccc2c1OP(=O)(Oc1ccccc1C)Oc1ccccc1C. The number of phosphoric ester groups is 1. The van der Waals surface area contributed by atoms with Crippen LogP contribution in [0.25, 0.3) is 10.8 Å². The summed E-state index contributed by atoms with van der Waals surface area (Å²) in [5.41, 5.74) is 2.36. The highest BCUT2D eigenvalue weighted by molar-refractivity contribution is 7.49. The van der Waals surface area contributed by atoms with E-state index in [-0.39, 0.29) is 5.75 Å². The van der Waals surface area contributed by atoms with Gasteiger partial charge in [0.05, 0.1) is 0 Å². The van der Waals surface area contributed by atoms with Crippen LogP contribution in [0.1, 0.15) is 36.5 Å². The van der Waals surface area contributed by atoms with E-state index in [1.54, 1.807) is 24.3 Å². The number of benzene rings is 4. The number of phenolic OH excluding ortho intramolecular Hbond substituents is 1. The molecule has 0 aliphatic rings. The minimum absolute atomic E-state index is 0.156. The lowest BCUT2D eigenvalue weighted by Gasteiger charge is -2.23. The molecule has 0 atom stereocenters. The molecule has 34 heavy (non-hydrogen) atoms. The Hall–Kier alpha value is -3.43. The molecule has 4 rings (SSSR count). The zero-order valence-corrected chi connectivity index (χ0v) is 20.5. The number of para-hydroxylation sites is 2. The van der Waals surface area contributed by atoms with Crippen LogP contribution >= 0.6 is 7.82 Å². The van der Waals surface area contributed by atoms with Gasteiger partial charge in [0.1, 0.15) is 23.0 Å². The van der Waals surface area contributed by atoms with E-state index in [2.05, 4.69) is 6.92 Å². The number of hydrogen-bond donors (Lipinski definition) is 1. The third kappa shape index (κ3) is 5.21. The molecule has 0 amide bonds. The first-order chi connectivity index (χ1) is 16.4. The molecule has 0 saturated heterocycles. The van der Waals surface area contributed by atoms with Gasteiger partial charge in [-0.15, -0.1) is 0 Å². The predicted molar refractivity (Wildman–Crippen MR) is 136 cm³/mol. The minimum atomic E-state index is -4.20. The summed E-state index contributed by atoms with van der Waals surface area (Å²) in [5, 5.41) is 11.9. The fourth-order valence-electron chi connectivity index (χ4n) is 3.77. The van der Waals surface area contributed by atoms with Crippen molar-refractivity contribution in [3.63, 3.8) is 0 Å². The predicted octanol–water partition coefficient (Wildman–Crippen LogP) is 8.15. The molecule has 0 bridgehead atoms. The van der Waals surface area contributed by atoms with Gasteiger partial charge >= 0.3 is 7.82 Å². The molecule has 0 aromatic heterocycles. The number of hydrogen-bond acceptors (Lipinski definition) is 5. The van der Waals surface area contributed by atoms with Crippen molar-refractivity contribution < 1.29 is 23.2 Å². The van der Waals surface area contributed by atoms with Gasteiger partial charge in [0.25, 0.3) is 0 Å². The van der Waals surface area contributed by atoms with Gasteiger partial charge in [-0.2, -0.15) is 4.57 Å². The summed E-state index contributed by atoms with van der Waals surface area (Å²) in [6.07, 6.45) is 2.50. The quantitative estimate of drug-likeness (QED) is 0.247. The van der Waals surface area contributed by atoms with Crippen LogP contribution in [0, 0.1) is 13.8 Å². The molecule has 0 aliphatic carbocycles. The molecule has 0 radical (unpaired) electrons. The van der Waals surface area contributed by atoms with Crippen LogP contribution in [0.4, 0.5) is 0 Å². The van der Waals surface area contributed by atoms with E-state index >= 15 is 0 Å². The highest BCUT2D eigenvalue weighted by Gasteiger charge is 2.36. The Morgan fingerprint density at radius 3 is 1.85 bits per heavy atom. The number of fused-ring (bicyclic) bond motifs is 1. The van der Waals surface area contributed by atoms with Crippen LogP contribution in [-0.2, 0) is 11.0 Å². The highest BCUT2D eigenvalue weighted by atomic mass is 31.2. The molecule has 0 unspecified atom stereocenters. The van der Waals surface area contributed by atoms with Gasteiger partial charge in [0.2, 0.25) is 0 Å². The Labute approximate surface area is 200 Å². The molecular weight excluding hydrogens is 447 g/mol. The maximum atomic E-state index is 14.3. The summed E-state index contributed by atoms with van der Waals surface area (Å²) in [4.78, 5) is 0. The molecule has 4 aromatic rings. The van der Waals surface area contributed by atoms with Crippen LogP contribution in [0.2, 0.25) is 0 Å². The minimum Gasteiger partial charge on any atom is -0.507 e. The number of rotatable bonds is 9. The van der Waals surface area contributed by atoms with Crippen molar-refractivity contribution in [2.75, 3.05) is 0 Å². The lowest BCUT2D eigenvalue weighted by Crippen LogP contribution is -2.10. The monoisotopic (exact) mass is 476 g/mol. The Balaban J connectivity index is 1.84. The molecule has 0 spiro atoms. The first-order valence-corrected chi connectivity index (χ1v) is 12.9. The van der Waals surface area contributed by atoms with Crippen LogP contribution in [0.15, 0.2) is 78.9 Å². The van der Waals surface area contributed by atoms with Crippen LogP contribution < -0.4 is 13.6 Å². The summed E-state index contributed by atoms with van der Waals surface area (Å²) in [6.45, 7) is 5.83.